The SMILES string of the molecule is O=C(c1cc(C=CCS)c[nH]1)C(Cl)(Cl)Cl. The predicted octanol–water partition coefficient (Wildman–Crippen LogP) is 3.51. The third kappa shape index (κ3) is 3.76. The Kier molecular flexibility index (Phi) is 4.59. The average Bonchev–Trinajstić information content (AvgIpc) is 2.60. The molecular weight excluding hydrogens is 277 g/mol. The summed E-state index contributed by atoms with van der Waals surface area (Å²) in [5, 5.41) is 0. The molecule has 1 aromatic rings. The number of halogens is 3. The molecule has 1 aromatic heterocycles. The van der Waals surface area contributed by atoms with Crippen LogP contribution in [0.3, 0.4) is 0 Å². The van der Waals surface area contributed by atoms with Crippen LogP contribution < -0.4 is 0 Å². The molecule has 0 saturated heterocycles. The van der Waals surface area contributed by atoms with Crippen LogP contribution in [0.15, 0.2) is 18.3 Å². The van der Waals surface area contributed by atoms with Gasteiger partial charge in [0.1, 0.15) is 0 Å². The number of ketones is 1. The molecule has 0 unspecified atom stereocenters. The minimum absolute atomic E-state index is 0.272. The molecule has 6 heteroatoms. The van der Waals surface area contributed by atoms with Gasteiger partial charge in [0.15, 0.2) is 0 Å². The molecule has 82 valence electrons. The van der Waals surface area contributed by atoms with Crippen LogP contribution in [0.1, 0.15) is 16.1 Å². The topological polar surface area (TPSA) is 32.9 Å². The average molecular weight is 285 g/mol. The summed E-state index contributed by atoms with van der Waals surface area (Å²) in [5.41, 5.74) is 1.11. The summed E-state index contributed by atoms with van der Waals surface area (Å²) in [6, 6.07) is 1.62. The first-order valence-electron chi connectivity index (χ1n) is 4.02. The minimum atomic E-state index is -1.92. The van der Waals surface area contributed by atoms with Crippen LogP contribution in [0, 0.1) is 0 Å². The number of nitrogens with one attached hydrogen (secondary N) is 1. The Bertz CT molecular complexity index is 381. The molecule has 15 heavy (non-hydrogen) atoms. The Morgan fingerprint density at radius 3 is 2.73 bits per heavy atom. The number of rotatable bonds is 3. The number of Topliss-reactive ketones (excluding diaryl/α,β-unsaturated/α-hetero) is 1. The molecule has 1 rings (SSSR count). The minimum Gasteiger partial charge on any atom is -0.358 e. The van der Waals surface area contributed by atoms with Crippen molar-refractivity contribution >= 4 is 59.3 Å². The molecule has 2 nitrogen and oxygen atoms in total. The van der Waals surface area contributed by atoms with Crippen molar-refractivity contribution in [2.45, 2.75) is 3.79 Å². The first-order chi connectivity index (χ1) is 6.95. The lowest BCUT2D eigenvalue weighted by Crippen LogP contribution is -2.19. The molecular formula is C9H8Cl3NOS. The zero-order valence-electron chi connectivity index (χ0n) is 7.51. The maximum absolute atomic E-state index is 11.5. The maximum atomic E-state index is 11.5. The first kappa shape index (κ1) is 13.0. The maximum Gasteiger partial charge on any atom is 0.254 e. The van der Waals surface area contributed by atoms with Gasteiger partial charge in [-0.05, 0) is 11.6 Å². The normalized spacial score (nSPS) is 12.3. The molecule has 1 heterocycles. The second-order valence-electron chi connectivity index (χ2n) is 2.76. The van der Waals surface area contributed by atoms with Crippen molar-refractivity contribution in [1.82, 2.24) is 4.98 Å². The van der Waals surface area contributed by atoms with Crippen molar-refractivity contribution in [3.05, 3.63) is 29.6 Å². The Morgan fingerprint density at radius 2 is 2.20 bits per heavy atom. The van der Waals surface area contributed by atoms with Crippen molar-refractivity contribution in [3.8, 4) is 0 Å². The summed E-state index contributed by atoms with van der Waals surface area (Å²) >= 11 is 20.4. The van der Waals surface area contributed by atoms with Crippen LogP contribution >= 0.6 is 47.4 Å². The zero-order chi connectivity index (χ0) is 11.5. The van der Waals surface area contributed by atoms with Gasteiger partial charge in [0, 0.05) is 11.9 Å². The van der Waals surface area contributed by atoms with Crippen molar-refractivity contribution in [2.24, 2.45) is 0 Å². The number of aromatic nitrogens is 1. The number of carbonyl (C=O) groups is 1. The van der Waals surface area contributed by atoms with E-state index in [-0.39, 0.29) is 5.69 Å². The highest BCUT2D eigenvalue weighted by Crippen LogP contribution is 2.30. The lowest BCUT2D eigenvalue weighted by atomic mass is 10.2. The lowest BCUT2D eigenvalue weighted by Gasteiger charge is -2.06. The Morgan fingerprint density at radius 1 is 1.53 bits per heavy atom. The summed E-state index contributed by atoms with van der Waals surface area (Å²) in [6.45, 7) is 0. The Labute approximate surface area is 108 Å². The second-order valence-corrected chi connectivity index (χ2v) is 5.40. The van der Waals surface area contributed by atoms with E-state index >= 15 is 0 Å². The summed E-state index contributed by atoms with van der Waals surface area (Å²) in [5.74, 6) is 0.0526. The molecule has 0 aromatic carbocycles. The molecule has 0 aliphatic rings. The fraction of sp³-hybridized carbons (Fsp3) is 0.222. The van der Waals surface area contributed by atoms with Crippen LogP contribution in [0.2, 0.25) is 0 Å². The van der Waals surface area contributed by atoms with Gasteiger partial charge in [0.05, 0.1) is 5.69 Å². The highest BCUT2D eigenvalue weighted by molar-refractivity contribution is 7.80. The van der Waals surface area contributed by atoms with Crippen molar-refractivity contribution in [1.29, 1.82) is 0 Å². The number of thiol groups is 1. The molecule has 0 amide bonds. The highest BCUT2D eigenvalue weighted by atomic mass is 35.6. The van der Waals surface area contributed by atoms with E-state index in [2.05, 4.69) is 17.6 Å². The van der Waals surface area contributed by atoms with E-state index < -0.39 is 9.58 Å². The molecule has 0 bridgehead atoms. The van der Waals surface area contributed by atoms with Gasteiger partial charge >= 0.3 is 0 Å². The summed E-state index contributed by atoms with van der Waals surface area (Å²) in [7, 11) is 0. The summed E-state index contributed by atoms with van der Waals surface area (Å²) in [6.07, 6.45) is 5.32. The second kappa shape index (κ2) is 5.30. The van der Waals surface area contributed by atoms with E-state index in [1.807, 2.05) is 12.2 Å². The van der Waals surface area contributed by atoms with Gasteiger partial charge in [0.25, 0.3) is 3.79 Å². The third-order valence-corrected chi connectivity index (χ3v) is 2.35. The van der Waals surface area contributed by atoms with Gasteiger partial charge in [0.2, 0.25) is 5.78 Å². The van der Waals surface area contributed by atoms with E-state index in [9.17, 15) is 4.79 Å². The largest absolute Gasteiger partial charge is 0.358 e. The molecule has 0 aliphatic carbocycles. The van der Waals surface area contributed by atoms with Gasteiger partial charge < -0.3 is 4.98 Å². The van der Waals surface area contributed by atoms with Crippen molar-refractivity contribution < 1.29 is 4.79 Å². The monoisotopic (exact) mass is 283 g/mol. The standard InChI is InChI=1S/C9H8Cl3NOS/c10-9(11,12)8(14)7-4-6(5-13-7)2-1-3-15/h1-2,4-5,13,15H,3H2. The van der Waals surface area contributed by atoms with Gasteiger partial charge in [-0.3, -0.25) is 4.79 Å². The number of H-pyrrole nitrogens is 1. The Balaban J connectivity index is 2.85. The van der Waals surface area contributed by atoms with Gasteiger partial charge in [-0.15, -0.1) is 0 Å². The van der Waals surface area contributed by atoms with Gasteiger partial charge in [-0.2, -0.15) is 12.6 Å². The van der Waals surface area contributed by atoms with E-state index in [0.717, 1.165) is 5.56 Å². The van der Waals surface area contributed by atoms with Crippen LogP contribution in [-0.4, -0.2) is 20.3 Å². The van der Waals surface area contributed by atoms with Gasteiger partial charge in [-0.25, -0.2) is 0 Å². The number of hydrogen-bond acceptors (Lipinski definition) is 2. The fourth-order valence-electron chi connectivity index (χ4n) is 0.980. The molecule has 0 atom stereocenters. The molecule has 0 fully saturated rings. The summed E-state index contributed by atoms with van der Waals surface area (Å²) < 4.78 is -1.92. The molecule has 0 aliphatic heterocycles. The molecule has 1 N–H and O–H groups in total. The van der Waals surface area contributed by atoms with E-state index in [0.29, 0.717) is 5.75 Å². The molecule has 0 spiro atoms. The van der Waals surface area contributed by atoms with E-state index in [1.54, 1.807) is 12.3 Å². The van der Waals surface area contributed by atoms with Gasteiger partial charge in [-0.1, -0.05) is 47.0 Å². The van der Waals surface area contributed by atoms with Crippen LogP contribution in [0.4, 0.5) is 0 Å². The van der Waals surface area contributed by atoms with Crippen molar-refractivity contribution in [3.63, 3.8) is 0 Å². The third-order valence-electron chi connectivity index (χ3n) is 1.62. The fourth-order valence-corrected chi connectivity index (χ4v) is 1.39. The van der Waals surface area contributed by atoms with Crippen molar-refractivity contribution in [2.75, 3.05) is 5.75 Å². The number of hydrogen-bond donors (Lipinski definition) is 2. The zero-order valence-corrected chi connectivity index (χ0v) is 10.7. The molecule has 0 saturated carbocycles. The highest BCUT2D eigenvalue weighted by Gasteiger charge is 2.32. The van der Waals surface area contributed by atoms with Crippen LogP contribution in [0.5, 0.6) is 0 Å². The number of alkyl halides is 3. The Hall–Kier alpha value is -0.0900. The van der Waals surface area contributed by atoms with E-state index in [4.69, 9.17) is 34.8 Å². The first-order valence-corrected chi connectivity index (χ1v) is 5.79. The smallest absolute Gasteiger partial charge is 0.254 e. The summed E-state index contributed by atoms with van der Waals surface area (Å²) in [4.78, 5) is 14.2. The van der Waals surface area contributed by atoms with Crippen LogP contribution in [-0.2, 0) is 0 Å². The molecule has 0 radical (unpaired) electrons. The predicted molar refractivity (Wildman–Crippen MR) is 68.3 cm³/mol. The van der Waals surface area contributed by atoms with Crippen LogP contribution in [0.25, 0.3) is 6.08 Å². The quantitative estimate of drug-likeness (QED) is 0.497. The number of carbonyl (C=O) groups excluding carboxylic acids is 1. The van der Waals surface area contributed by atoms with E-state index in [1.165, 1.54) is 0 Å². The number of aromatic amines is 1. The lowest BCUT2D eigenvalue weighted by molar-refractivity contribution is 0.0992.